The minimum Gasteiger partial charge on any atom is -0.331 e. The molecule has 0 saturated carbocycles. The van der Waals surface area contributed by atoms with Gasteiger partial charge in [-0.15, -0.1) is 5.10 Å². The molecular weight excluding hydrogens is 380 g/mol. The van der Waals surface area contributed by atoms with Gasteiger partial charge in [0.15, 0.2) is 5.82 Å². The summed E-state index contributed by atoms with van der Waals surface area (Å²) in [6.45, 7) is 7.51. The Morgan fingerprint density at radius 2 is 1.83 bits per heavy atom. The van der Waals surface area contributed by atoms with Crippen molar-refractivity contribution in [2.45, 2.75) is 38.9 Å². The Morgan fingerprint density at radius 3 is 2.67 bits per heavy atom. The molecule has 1 saturated heterocycles. The molecule has 2 aliphatic rings. The fourth-order valence-electron chi connectivity index (χ4n) is 4.36. The van der Waals surface area contributed by atoms with Crippen LogP contribution in [-0.2, 0) is 26.1 Å². The molecular formula is C21H28N8O. The molecule has 3 aromatic rings. The number of aromatic nitrogens is 6. The highest BCUT2D eigenvalue weighted by Gasteiger charge is 2.20. The number of hydrogen-bond donors (Lipinski definition) is 0. The maximum Gasteiger partial charge on any atom is 0.266 e. The summed E-state index contributed by atoms with van der Waals surface area (Å²) in [5.74, 6) is 1.87. The molecule has 30 heavy (non-hydrogen) atoms. The second-order valence-corrected chi connectivity index (χ2v) is 8.10. The average Bonchev–Trinajstić information content (AvgIpc) is 3.45. The zero-order valence-corrected chi connectivity index (χ0v) is 17.2. The number of hydrogen-bond acceptors (Lipinski definition) is 6. The number of fused-ring (bicyclic) bond motifs is 1. The van der Waals surface area contributed by atoms with E-state index < -0.39 is 0 Å². The second-order valence-electron chi connectivity index (χ2n) is 8.10. The van der Waals surface area contributed by atoms with Crippen LogP contribution in [0.15, 0.2) is 41.6 Å². The van der Waals surface area contributed by atoms with Crippen LogP contribution < -0.4 is 5.56 Å². The summed E-state index contributed by atoms with van der Waals surface area (Å²) in [4.78, 5) is 21.8. The lowest BCUT2D eigenvalue weighted by Gasteiger charge is -2.34. The van der Waals surface area contributed by atoms with E-state index in [1.165, 1.54) is 24.4 Å². The van der Waals surface area contributed by atoms with E-state index in [0.29, 0.717) is 12.4 Å². The normalized spacial score (nSPS) is 17.9. The van der Waals surface area contributed by atoms with Gasteiger partial charge in [0.2, 0.25) is 0 Å². The summed E-state index contributed by atoms with van der Waals surface area (Å²) >= 11 is 0. The molecule has 9 nitrogen and oxygen atoms in total. The standard InChI is InChI=1S/C21H28N8O/c30-21-6-5-19(28-9-3-7-23-28)24-29(21)15-14-25-10-12-26(13-11-25)17-20-22-16-18-4-1-2-8-27(18)20/h3,5-7,9,16H,1-2,4,8,10-15,17H2. The molecule has 0 aromatic carbocycles. The SMILES string of the molecule is O=c1ccc(-n2cccn2)nn1CCN1CCN(Cc2ncc3n2CCCC3)CC1. The molecule has 5 rings (SSSR count). The Morgan fingerprint density at radius 1 is 0.967 bits per heavy atom. The maximum absolute atomic E-state index is 12.2. The van der Waals surface area contributed by atoms with Crippen molar-refractivity contribution in [3.63, 3.8) is 0 Å². The molecule has 0 radical (unpaired) electrons. The van der Waals surface area contributed by atoms with Gasteiger partial charge < -0.3 is 4.57 Å². The van der Waals surface area contributed by atoms with Crippen molar-refractivity contribution in [1.29, 1.82) is 0 Å². The van der Waals surface area contributed by atoms with Crippen molar-refractivity contribution in [2.24, 2.45) is 0 Å². The predicted octanol–water partition coefficient (Wildman–Crippen LogP) is 0.780. The van der Waals surface area contributed by atoms with Crippen molar-refractivity contribution in [3.05, 3.63) is 58.7 Å². The minimum atomic E-state index is -0.0753. The Balaban J connectivity index is 1.14. The Hall–Kier alpha value is -2.78. The Kier molecular flexibility index (Phi) is 5.46. The molecule has 0 atom stereocenters. The molecule has 0 aliphatic carbocycles. The van der Waals surface area contributed by atoms with Crippen molar-refractivity contribution < 1.29 is 0 Å². The quantitative estimate of drug-likeness (QED) is 0.600. The first-order chi connectivity index (χ1) is 14.8. The highest BCUT2D eigenvalue weighted by molar-refractivity contribution is 5.17. The van der Waals surface area contributed by atoms with Gasteiger partial charge in [0, 0.05) is 69.6 Å². The van der Waals surface area contributed by atoms with E-state index in [4.69, 9.17) is 0 Å². The number of imidazole rings is 1. The molecule has 1 fully saturated rings. The van der Waals surface area contributed by atoms with E-state index in [2.05, 4.69) is 35.7 Å². The minimum absolute atomic E-state index is 0.0753. The average molecular weight is 409 g/mol. The van der Waals surface area contributed by atoms with Gasteiger partial charge in [-0.3, -0.25) is 14.6 Å². The third kappa shape index (κ3) is 4.08. The zero-order chi connectivity index (χ0) is 20.3. The topological polar surface area (TPSA) is 77.0 Å². The first-order valence-electron chi connectivity index (χ1n) is 10.8. The van der Waals surface area contributed by atoms with Crippen molar-refractivity contribution >= 4 is 0 Å². The van der Waals surface area contributed by atoms with Gasteiger partial charge in [-0.25, -0.2) is 14.3 Å². The second kappa shape index (κ2) is 8.53. The third-order valence-electron chi connectivity index (χ3n) is 6.14. The van der Waals surface area contributed by atoms with Crippen LogP contribution in [0, 0.1) is 0 Å². The maximum atomic E-state index is 12.2. The van der Waals surface area contributed by atoms with Crippen LogP contribution in [0.3, 0.4) is 0 Å². The molecule has 0 spiro atoms. The van der Waals surface area contributed by atoms with Gasteiger partial charge in [0.25, 0.3) is 5.56 Å². The van der Waals surface area contributed by atoms with E-state index in [1.54, 1.807) is 27.7 Å². The monoisotopic (exact) mass is 408 g/mol. The zero-order valence-electron chi connectivity index (χ0n) is 17.2. The van der Waals surface area contributed by atoms with E-state index in [0.717, 1.165) is 52.2 Å². The fourth-order valence-corrected chi connectivity index (χ4v) is 4.36. The molecule has 9 heteroatoms. The van der Waals surface area contributed by atoms with Crippen molar-refractivity contribution in [3.8, 4) is 5.82 Å². The predicted molar refractivity (Wildman–Crippen MR) is 113 cm³/mol. The smallest absolute Gasteiger partial charge is 0.266 e. The van der Waals surface area contributed by atoms with Gasteiger partial charge in [-0.05, 0) is 31.4 Å². The van der Waals surface area contributed by atoms with Gasteiger partial charge in [0.1, 0.15) is 5.82 Å². The fraction of sp³-hybridized carbons (Fsp3) is 0.524. The lowest BCUT2D eigenvalue weighted by Crippen LogP contribution is -2.47. The van der Waals surface area contributed by atoms with Gasteiger partial charge >= 0.3 is 0 Å². The van der Waals surface area contributed by atoms with Crippen LogP contribution in [0.5, 0.6) is 0 Å². The molecule has 3 aromatic heterocycles. The van der Waals surface area contributed by atoms with Gasteiger partial charge in [-0.2, -0.15) is 5.10 Å². The summed E-state index contributed by atoms with van der Waals surface area (Å²) in [7, 11) is 0. The van der Waals surface area contributed by atoms with Crippen LogP contribution in [0.4, 0.5) is 0 Å². The largest absolute Gasteiger partial charge is 0.331 e. The van der Waals surface area contributed by atoms with Crippen LogP contribution in [0.25, 0.3) is 5.82 Å². The highest BCUT2D eigenvalue weighted by Crippen LogP contribution is 2.18. The summed E-state index contributed by atoms with van der Waals surface area (Å²) in [5, 5.41) is 8.65. The molecule has 0 bridgehead atoms. The summed E-state index contributed by atoms with van der Waals surface area (Å²) < 4.78 is 5.63. The summed E-state index contributed by atoms with van der Waals surface area (Å²) in [5.41, 5.74) is 1.32. The Bertz CT molecular complexity index is 1030. The molecule has 0 unspecified atom stereocenters. The molecule has 0 amide bonds. The van der Waals surface area contributed by atoms with E-state index in [9.17, 15) is 4.79 Å². The first kappa shape index (κ1) is 19.2. The summed E-state index contributed by atoms with van der Waals surface area (Å²) in [6.07, 6.45) is 9.30. The third-order valence-corrected chi connectivity index (χ3v) is 6.14. The number of piperazine rings is 1. The van der Waals surface area contributed by atoms with E-state index >= 15 is 0 Å². The van der Waals surface area contributed by atoms with E-state index in [1.807, 2.05) is 12.3 Å². The molecule has 158 valence electrons. The molecule has 0 N–H and O–H groups in total. The lowest BCUT2D eigenvalue weighted by molar-refractivity contribution is 0.119. The first-order valence-corrected chi connectivity index (χ1v) is 10.8. The number of rotatable bonds is 6. The number of nitrogens with zero attached hydrogens (tertiary/aromatic N) is 8. The van der Waals surface area contributed by atoms with Crippen LogP contribution in [0.1, 0.15) is 24.4 Å². The van der Waals surface area contributed by atoms with Crippen molar-refractivity contribution in [2.75, 3.05) is 32.7 Å². The Labute approximate surface area is 175 Å². The highest BCUT2D eigenvalue weighted by atomic mass is 16.1. The van der Waals surface area contributed by atoms with Gasteiger partial charge in [-0.1, -0.05) is 0 Å². The molecule has 5 heterocycles. The van der Waals surface area contributed by atoms with Crippen LogP contribution >= 0.6 is 0 Å². The van der Waals surface area contributed by atoms with Crippen LogP contribution in [0.2, 0.25) is 0 Å². The van der Waals surface area contributed by atoms with Crippen LogP contribution in [-0.4, -0.2) is 71.6 Å². The summed E-state index contributed by atoms with van der Waals surface area (Å²) in [6, 6.07) is 5.11. The van der Waals surface area contributed by atoms with E-state index in [-0.39, 0.29) is 5.56 Å². The van der Waals surface area contributed by atoms with Gasteiger partial charge in [0.05, 0.1) is 13.1 Å². The lowest BCUT2D eigenvalue weighted by atomic mass is 10.1. The van der Waals surface area contributed by atoms with Crippen molar-refractivity contribution in [1.82, 2.24) is 38.9 Å². The molecule has 2 aliphatic heterocycles. The number of aryl methyl sites for hydroxylation is 1.